The number of piperidine rings is 1. The maximum absolute atomic E-state index is 13.0. The Hall–Kier alpha value is -3.86. The van der Waals surface area contributed by atoms with Gasteiger partial charge in [0, 0.05) is 30.5 Å². The van der Waals surface area contributed by atoms with Crippen molar-refractivity contribution in [3.05, 3.63) is 46.8 Å². The number of carbonyl (C=O) groups is 2. The molecule has 3 aliphatic heterocycles. The first-order chi connectivity index (χ1) is 18.3. The van der Waals surface area contributed by atoms with Crippen molar-refractivity contribution in [1.82, 2.24) is 14.5 Å². The summed E-state index contributed by atoms with van der Waals surface area (Å²) in [6, 6.07) is 7.56. The maximum Gasteiger partial charge on any atom is 0.283 e. The molecule has 1 aromatic heterocycles. The molecule has 1 fully saturated rings. The number of thioether (sulfide) groups is 1. The number of hydrogen-bond donors (Lipinski definition) is 1. The number of amidine groups is 2. The van der Waals surface area contributed by atoms with E-state index in [2.05, 4.69) is 10.1 Å². The van der Waals surface area contributed by atoms with E-state index in [0.717, 1.165) is 55.0 Å². The number of benzene rings is 1. The largest absolute Gasteiger partial charge is 0.497 e. The zero-order chi connectivity index (χ0) is 27.0. The highest BCUT2D eigenvalue weighted by molar-refractivity contribution is 8.27. The minimum atomic E-state index is -0.501. The Balaban J connectivity index is 1.41. The van der Waals surface area contributed by atoms with Gasteiger partial charge < -0.3 is 18.9 Å². The summed E-state index contributed by atoms with van der Waals surface area (Å²) in [5, 5.41) is 15.4. The number of hydrazone groups is 1. The number of nitrogens with zero attached hydrogens (tertiary/aromatic N) is 5. The summed E-state index contributed by atoms with van der Waals surface area (Å²) < 4.78 is 12.9. The monoisotopic (exact) mass is 534 g/mol. The Kier molecular flexibility index (Phi) is 7.11. The van der Waals surface area contributed by atoms with Crippen LogP contribution in [0.4, 0.5) is 0 Å². The van der Waals surface area contributed by atoms with E-state index in [1.54, 1.807) is 20.3 Å². The molecule has 5 rings (SSSR count). The van der Waals surface area contributed by atoms with Crippen molar-refractivity contribution < 1.29 is 19.1 Å². The van der Waals surface area contributed by atoms with Gasteiger partial charge in [-0.3, -0.25) is 15.0 Å². The van der Waals surface area contributed by atoms with Gasteiger partial charge in [0.2, 0.25) is 11.1 Å². The number of methoxy groups -OCH3 is 2. The van der Waals surface area contributed by atoms with Crippen LogP contribution in [0.5, 0.6) is 11.5 Å². The van der Waals surface area contributed by atoms with Gasteiger partial charge >= 0.3 is 0 Å². The second-order valence-corrected chi connectivity index (χ2v) is 10.4. The summed E-state index contributed by atoms with van der Waals surface area (Å²) in [5.74, 6) is 0.799. The molecular weight excluding hydrogens is 504 g/mol. The molecule has 0 aliphatic carbocycles. The molecule has 198 valence electrons. The zero-order valence-corrected chi connectivity index (χ0v) is 22.7. The second kappa shape index (κ2) is 10.5. The molecule has 2 aromatic rings. The van der Waals surface area contributed by atoms with E-state index in [4.69, 9.17) is 14.9 Å². The Labute approximate surface area is 225 Å². The number of amides is 2. The quantitative estimate of drug-likeness (QED) is 0.558. The van der Waals surface area contributed by atoms with Crippen LogP contribution in [-0.2, 0) is 9.59 Å². The third-order valence-corrected chi connectivity index (χ3v) is 7.81. The Morgan fingerprint density at radius 3 is 2.61 bits per heavy atom. The van der Waals surface area contributed by atoms with Crippen molar-refractivity contribution in [3.63, 3.8) is 0 Å². The van der Waals surface area contributed by atoms with Crippen molar-refractivity contribution >= 4 is 45.7 Å². The van der Waals surface area contributed by atoms with Crippen LogP contribution in [0.25, 0.3) is 11.8 Å². The third kappa shape index (κ3) is 4.73. The lowest BCUT2D eigenvalue weighted by atomic mass is 10.1. The predicted molar refractivity (Wildman–Crippen MR) is 148 cm³/mol. The standard InChI is InChI=1S/C27H30N6O4S/c1-16-12-18(17(2)32(16)21-9-8-19(36-3)14-22(21)37-4)13-20-25(28)33-27(29-26(20)35)38-23(30-33)15-24(34)31-10-6-5-7-11-31/h8-9,12-14,28H,5-7,10-11,15H2,1-4H3/b20-13-,28-25?. The lowest BCUT2D eigenvalue weighted by Crippen LogP contribution is -2.36. The average Bonchev–Trinajstić information content (AvgIpc) is 3.45. The van der Waals surface area contributed by atoms with E-state index in [1.165, 1.54) is 16.8 Å². The molecule has 0 radical (unpaired) electrons. The molecule has 1 aromatic carbocycles. The molecule has 0 bridgehead atoms. The number of fused-ring (bicyclic) bond motifs is 1. The van der Waals surface area contributed by atoms with Gasteiger partial charge in [-0.2, -0.15) is 15.1 Å². The number of carbonyl (C=O) groups excluding carboxylic acids is 2. The van der Waals surface area contributed by atoms with Crippen LogP contribution in [0.1, 0.15) is 42.6 Å². The van der Waals surface area contributed by atoms with E-state index in [9.17, 15) is 9.59 Å². The van der Waals surface area contributed by atoms with Crippen LogP contribution in [0.2, 0.25) is 0 Å². The predicted octanol–water partition coefficient (Wildman–Crippen LogP) is 4.13. The van der Waals surface area contributed by atoms with Gasteiger partial charge in [-0.1, -0.05) is 0 Å². The summed E-state index contributed by atoms with van der Waals surface area (Å²) in [4.78, 5) is 31.7. The first-order valence-corrected chi connectivity index (χ1v) is 13.3. The lowest BCUT2D eigenvalue weighted by molar-refractivity contribution is -0.130. The molecule has 2 amide bonds. The highest BCUT2D eigenvalue weighted by atomic mass is 32.2. The maximum atomic E-state index is 13.0. The summed E-state index contributed by atoms with van der Waals surface area (Å²) >= 11 is 1.18. The number of aromatic nitrogens is 1. The van der Waals surface area contributed by atoms with Gasteiger partial charge in [0.25, 0.3) is 5.91 Å². The molecule has 1 saturated heterocycles. The van der Waals surface area contributed by atoms with Gasteiger partial charge in [0.15, 0.2) is 5.84 Å². The van der Waals surface area contributed by atoms with Gasteiger partial charge in [0.05, 0.1) is 31.9 Å². The van der Waals surface area contributed by atoms with Crippen LogP contribution in [0.15, 0.2) is 39.9 Å². The van der Waals surface area contributed by atoms with Gasteiger partial charge in [-0.25, -0.2) is 0 Å². The minimum absolute atomic E-state index is 0.0198. The van der Waals surface area contributed by atoms with E-state index in [-0.39, 0.29) is 23.7 Å². The second-order valence-electron chi connectivity index (χ2n) is 9.33. The van der Waals surface area contributed by atoms with E-state index < -0.39 is 5.91 Å². The van der Waals surface area contributed by atoms with E-state index >= 15 is 0 Å². The van der Waals surface area contributed by atoms with Gasteiger partial charge in [0.1, 0.15) is 16.5 Å². The average molecular weight is 535 g/mol. The first-order valence-electron chi connectivity index (χ1n) is 12.5. The molecule has 0 saturated carbocycles. The summed E-state index contributed by atoms with van der Waals surface area (Å²) in [6.07, 6.45) is 5.00. The normalized spacial score (nSPS) is 18.5. The van der Waals surface area contributed by atoms with Crippen LogP contribution in [0.3, 0.4) is 0 Å². The van der Waals surface area contributed by atoms with Gasteiger partial charge in [-0.15, -0.1) is 0 Å². The van der Waals surface area contributed by atoms with Crippen molar-refractivity contribution in [2.45, 2.75) is 39.5 Å². The third-order valence-electron chi connectivity index (χ3n) is 6.91. The van der Waals surface area contributed by atoms with Crippen molar-refractivity contribution in [2.75, 3.05) is 27.3 Å². The molecule has 38 heavy (non-hydrogen) atoms. The van der Waals surface area contributed by atoms with E-state index in [0.29, 0.717) is 21.7 Å². The smallest absolute Gasteiger partial charge is 0.283 e. The SMILES string of the molecule is COc1ccc(-n2c(C)cc(/C=C3/C(=N)N4N=C(CC(=O)N5CCCCC5)SC4=NC3=O)c2C)c(OC)c1. The number of aliphatic imine (C=N–C) groups is 1. The number of likely N-dealkylation sites (tertiary alicyclic amines) is 1. The molecule has 0 unspecified atom stereocenters. The molecule has 11 heteroatoms. The fraction of sp³-hybridized carbons (Fsp3) is 0.370. The lowest BCUT2D eigenvalue weighted by Gasteiger charge is -2.26. The molecule has 0 spiro atoms. The molecule has 1 N–H and O–H groups in total. The number of ether oxygens (including phenoxy) is 2. The summed E-state index contributed by atoms with van der Waals surface area (Å²) in [7, 11) is 3.21. The summed E-state index contributed by atoms with van der Waals surface area (Å²) in [6.45, 7) is 5.45. The Bertz CT molecular complexity index is 1420. The van der Waals surface area contributed by atoms with Crippen molar-refractivity contribution in [2.24, 2.45) is 10.1 Å². The van der Waals surface area contributed by atoms with Crippen LogP contribution in [-0.4, -0.2) is 69.6 Å². The fourth-order valence-corrected chi connectivity index (χ4v) is 5.79. The van der Waals surface area contributed by atoms with Crippen molar-refractivity contribution in [3.8, 4) is 17.2 Å². The first kappa shape index (κ1) is 25.8. The minimum Gasteiger partial charge on any atom is -0.497 e. The fourth-order valence-electron chi connectivity index (χ4n) is 4.92. The highest BCUT2D eigenvalue weighted by Gasteiger charge is 2.36. The highest BCUT2D eigenvalue weighted by Crippen LogP contribution is 2.34. The number of nitrogens with one attached hydrogen (secondary N) is 1. The number of aryl methyl sites for hydroxylation is 1. The van der Waals surface area contributed by atoms with Crippen LogP contribution >= 0.6 is 11.8 Å². The topological polar surface area (TPSA) is 113 Å². The zero-order valence-electron chi connectivity index (χ0n) is 21.9. The van der Waals surface area contributed by atoms with Crippen LogP contribution in [0, 0.1) is 19.3 Å². The molecule has 10 nitrogen and oxygen atoms in total. The molecule has 3 aliphatic rings. The van der Waals surface area contributed by atoms with Gasteiger partial charge in [-0.05, 0) is 74.7 Å². The number of hydrogen-bond acceptors (Lipinski definition) is 7. The molecule has 0 atom stereocenters. The summed E-state index contributed by atoms with van der Waals surface area (Å²) in [5.41, 5.74) is 3.57. The Morgan fingerprint density at radius 1 is 1.13 bits per heavy atom. The van der Waals surface area contributed by atoms with Crippen molar-refractivity contribution in [1.29, 1.82) is 5.41 Å². The molecular formula is C27H30N6O4S. The number of rotatable bonds is 6. The van der Waals surface area contributed by atoms with Crippen LogP contribution < -0.4 is 9.47 Å². The van der Waals surface area contributed by atoms with E-state index in [1.807, 2.05) is 47.6 Å². The molecule has 4 heterocycles. The Morgan fingerprint density at radius 2 is 1.89 bits per heavy atom.